The van der Waals surface area contributed by atoms with Crippen molar-refractivity contribution in [3.8, 4) is 0 Å². The molecule has 1 heterocycles. The molecule has 0 unspecified atom stereocenters. The molecule has 0 atom stereocenters. The van der Waals surface area contributed by atoms with Gasteiger partial charge in [0.1, 0.15) is 0 Å². The average Bonchev–Trinajstić information content (AvgIpc) is 2.12. The molecular weight excluding hydrogens is 117 g/mol. The van der Waals surface area contributed by atoms with Crippen molar-refractivity contribution in [2.24, 2.45) is 0 Å². The minimum Gasteiger partial charge on any atom is -0.334 e. The smallest absolute Gasteiger partial charge is 0.256 e. The zero-order valence-electron chi connectivity index (χ0n) is 5.26. The van der Waals surface area contributed by atoms with E-state index in [0.29, 0.717) is 12.8 Å². The molecule has 1 aliphatic rings. The van der Waals surface area contributed by atoms with Crippen LogP contribution in [0.25, 0.3) is 0 Å². The van der Waals surface area contributed by atoms with Gasteiger partial charge in [-0.3, -0.25) is 9.59 Å². The van der Waals surface area contributed by atoms with Gasteiger partial charge in [-0.25, -0.2) is 0 Å². The van der Waals surface area contributed by atoms with Gasteiger partial charge in [0.05, 0.1) is 0 Å². The van der Waals surface area contributed by atoms with Crippen molar-refractivity contribution in [1.82, 2.24) is 4.81 Å². The number of amides is 2. The van der Waals surface area contributed by atoms with Crippen LogP contribution in [0.5, 0.6) is 0 Å². The maximum atomic E-state index is 10.7. The number of nitrogens with zero attached hydrogens (tertiary/aromatic N) is 1. The molecule has 0 aromatic carbocycles. The van der Waals surface area contributed by atoms with Crippen LogP contribution in [0.1, 0.15) is 12.8 Å². The summed E-state index contributed by atoms with van der Waals surface area (Å²) in [6.45, 7) is 1.68. The van der Waals surface area contributed by atoms with Gasteiger partial charge >= 0.3 is 0 Å². The number of hydrogen-bond acceptors (Lipinski definition) is 2. The van der Waals surface area contributed by atoms with Crippen molar-refractivity contribution in [1.29, 1.82) is 0 Å². The molecule has 1 rings (SSSR count). The number of carbonyl (C=O) groups is 2. The Kier molecular flexibility index (Phi) is 1.55. The molecule has 9 heavy (non-hydrogen) atoms. The van der Waals surface area contributed by atoms with Crippen molar-refractivity contribution in [2.45, 2.75) is 19.7 Å². The van der Waals surface area contributed by atoms with Gasteiger partial charge in [0.2, 0.25) is 11.8 Å². The first kappa shape index (κ1) is 6.33. The highest BCUT2D eigenvalue weighted by Gasteiger charge is 2.26. The third kappa shape index (κ3) is 0.967. The molecular formula is C5H7BNO2. The lowest BCUT2D eigenvalue weighted by Gasteiger charge is -2.07. The molecule has 0 spiro atoms. The van der Waals surface area contributed by atoms with Crippen LogP contribution in [-0.4, -0.2) is 24.0 Å². The quantitative estimate of drug-likeness (QED) is 0.358. The molecule has 1 radical (unpaired) electrons. The van der Waals surface area contributed by atoms with Gasteiger partial charge in [0, 0.05) is 12.8 Å². The molecule has 0 N–H and O–H groups in total. The van der Waals surface area contributed by atoms with Crippen molar-refractivity contribution < 1.29 is 9.59 Å². The molecule has 0 aromatic heterocycles. The molecule has 1 saturated heterocycles. The van der Waals surface area contributed by atoms with Gasteiger partial charge in [-0.15, -0.1) is 0 Å². The van der Waals surface area contributed by atoms with Crippen LogP contribution in [-0.2, 0) is 9.59 Å². The van der Waals surface area contributed by atoms with E-state index in [2.05, 4.69) is 0 Å². The van der Waals surface area contributed by atoms with Crippen molar-refractivity contribution in [3.05, 3.63) is 0 Å². The van der Waals surface area contributed by atoms with Crippen molar-refractivity contribution in [3.63, 3.8) is 0 Å². The van der Waals surface area contributed by atoms with Crippen LogP contribution < -0.4 is 0 Å². The van der Waals surface area contributed by atoms with E-state index < -0.39 is 0 Å². The predicted octanol–water partition coefficient (Wildman–Crippen LogP) is -0.197. The van der Waals surface area contributed by atoms with E-state index in [0.717, 1.165) is 0 Å². The molecule has 2 amide bonds. The van der Waals surface area contributed by atoms with E-state index in [1.807, 2.05) is 0 Å². The first-order chi connectivity index (χ1) is 4.25. The first-order valence-corrected chi connectivity index (χ1v) is 2.90. The standard InChI is InChI=1S/C5H7BNO2/c1-6-7-4(8)2-3-5(7)9/h2-3H2,1H3. The van der Waals surface area contributed by atoms with Crippen LogP contribution in [0.15, 0.2) is 0 Å². The molecule has 47 valence electrons. The molecule has 0 saturated carbocycles. The highest BCUT2D eigenvalue weighted by Crippen LogP contribution is 2.08. The van der Waals surface area contributed by atoms with Gasteiger partial charge in [-0.1, -0.05) is 6.82 Å². The Labute approximate surface area is 54.3 Å². The summed E-state index contributed by atoms with van der Waals surface area (Å²) in [4.78, 5) is 22.5. The molecule has 0 bridgehead atoms. The topological polar surface area (TPSA) is 37.4 Å². The number of hydrogen-bond donors (Lipinski definition) is 0. The summed E-state index contributed by atoms with van der Waals surface area (Å²) in [6.07, 6.45) is 0.756. The Balaban J connectivity index is 2.66. The molecule has 4 heteroatoms. The van der Waals surface area contributed by atoms with Gasteiger partial charge in [0.25, 0.3) is 7.41 Å². The lowest BCUT2D eigenvalue weighted by atomic mass is 9.97. The van der Waals surface area contributed by atoms with Gasteiger partial charge in [0.15, 0.2) is 0 Å². The Morgan fingerprint density at radius 1 is 1.33 bits per heavy atom. The van der Waals surface area contributed by atoms with E-state index in [9.17, 15) is 9.59 Å². The van der Waals surface area contributed by atoms with Crippen molar-refractivity contribution >= 4 is 19.2 Å². The summed E-state index contributed by atoms with van der Waals surface area (Å²) in [6, 6.07) is 0. The van der Waals surface area contributed by atoms with Gasteiger partial charge in [-0.2, -0.15) is 0 Å². The lowest BCUT2D eigenvalue weighted by molar-refractivity contribution is -0.132. The number of rotatable bonds is 1. The first-order valence-electron chi connectivity index (χ1n) is 2.90. The van der Waals surface area contributed by atoms with Gasteiger partial charge in [-0.05, 0) is 0 Å². The highest BCUT2D eigenvalue weighted by atomic mass is 16.2. The predicted molar refractivity (Wildman–Crippen MR) is 32.7 cm³/mol. The minimum absolute atomic E-state index is 0.0810. The largest absolute Gasteiger partial charge is 0.334 e. The maximum absolute atomic E-state index is 10.7. The summed E-state index contributed by atoms with van der Waals surface area (Å²) in [5.41, 5.74) is 0. The summed E-state index contributed by atoms with van der Waals surface area (Å²) in [5, 5.41) is 0. The van der Waals surface area contributed by atoms with Crippen LogP contribution in [0.2, 0.25) is 6.82 Å². The summed E-state index contributed by atoms with van der Waals surface area (Å²) in [7, 11) is 1.51. The van der Waals surface area contributed by atoms with E-state index in [1.165, 1.54) is 12.2 Å². The van der Waals surface area contributed by atoms with E-state index in [-0.39, 0.29) is 11.8 Å². The summed E-state index contributed by atoms with van der Waals surface area (Å²) >= 11 is 0. The fourth-order valence-corrected chi connectivity index (χ4v) is 0.882. The van der Waals surface area contributed by atoms with Crippen LogP contribution in [0.3, 0.4) is 0 Å². The normalized spacial score (nSPS) is 19.0. The number of carbonyl (C=O) groups excluding carboxylic acids is 2. The van der Waals surface area contributed by atoms with E-state index >= 15 is 0 Å². The maximum Gasteiger partial charge on any atom is 0.256 e. The van der Waals surface area contributed by atoms with Crippen LogP contribution in [0, 0.1) is 0 Å². The third-order valence-corrected chi connectivity index (χ3v) is 1.35. The Morgan fingerprint density at radius 2 is 1.78 bits per heavy atom. The monoisotopic (exact) mass is 124 g/mol. The molecule has 0 aromatic rings. The Bertz CT molecular complexity index is 141. The molecule has 1 aliphatic heterocycles. The zero-order valence-corrected chi connectivity index (χ0v) is 5.26. The fourth-order valence-electron chi connectivity index (χ4n) is 0.882. The molecule has 3 nitrogen and oxygen atoms in total. The van der Waals surface area contributed by atoms with Crippen LogP contribution in [0.4, 0.5) is 0 Å². The van der Waals surface area contributed by atoms with Gasteiger partial charge < -0.3 is 4.81 Å². The van der Waals surface area contributed by atoms with Crippen LogP contribution >= 0.6 is 0 Å². The third-order valence-electron chi connectivity index (χ3n) is 1.35. The van der Waals surface area contributed by atoms with E-state index in [4.69, 9.17) is 0 Å². The fraction of sp³-hybridized carbons (Fsp3) is 0.600. The SMILES string of the molecule is C[B]N1C(=O)CCC1=O. The van der Waals surface area contributed by atoms with Crippen molar-refractivity contribution in [2.75, 3.05) is 0 Å². The number of imide groups is 1. The molecule has 0 aliphatic carbocycles. The van der Waals surface area contributed by atoms with E-state index in [1.54, 1.807) is 6.82 Å². The lowest BCUT2D eigenvalue weighted by Crippen LogP contribution is -2.30. The second-order valence-electron chi connectivity index (χ2n) is 1.92. The average molecular weight is 124 g/mol. The second-order valence-corrected chi connectivity index (χ2v) is 1.92. The zero-order chi connectivity index (χ0) is 6.85. The second kappa shape index (κ2) is 2.21. The Morgan fingerprint density at radius 3 is 2.00 bits per heavy atom. The summed E-state index contributed by atoms with van der Waals surface area (Å²) in [5.74, 6) is -0.162. The Hall–Kier alpha value is -0.795. The highest BCUT2D eigenvalue weighted by molar-refractivity contribution is 6.42. The minimum atomic E-state index is -0.0810. The summed E-state index contributed by atoms with van der Waals surface area (Å²) < 4.78 is 0. The molecule has 1 fully saturated rings.